The molecule has 5 nitrogen and oxygen atoms in total. The van der Waals surface area contributed by atoms with E-state index < -0.39 is 11.7 Å². The quantitative estimate of drug-likeness (QED) is 0.840. The summed E-state index contributed by atoms with van der Waals surface area (Å²) in [6.45, 7) is 12.3. The van der Waals surface area contributed by atoms with Gasteiger partial charge in [-0.25, -0.2) is 4.79 Å². The van der Waals surface area contributed by atoms with Gasteiger partial charge in [-0.05, 0) is 47.6 Å². The summed E-state index contributed by atoms with van der Waals surface area (Å²) >= 11 is 0. The predicted octanol–water partition coefficient (Wildman–Crippen LogP) is 3.57. The Kier molecular flexibility index (Phi) is 6.88. The number of amides is 1. The first-order valence-corrected chi connectivity index (χ1v) is 8.00. The minimum atomic E-state index is -0.487. The zero-order chi connectivity index (χ0) is 17.6. The second-order valence-electron chi connectivity index (χ2n) is 6.92. The Morgan fingerprint density at radius 1 is 1.26 bits per heavy atom. The molecule has 23 heavy (non-hydrogen) atoms. The molecule has 130 valence electrons. The second-order valence-corrected chi connectivity index (χ2v) is 6.92. The fraction of sp³-hybridized carbons (Fsp3) is 0.611. The number of hydrogen-bond acceptors (Lipinski definition) is 4. The number of benzene rings is 1. The van der Waals surface area contributed by atoms with Crippen LogP contribution < -0.4 is 15.4 Å². The topological polar surface area (TPSA) is 59.6 Å². The van der Waals surface area contributed by atoms with Crippen molar-refractivity contribution in [2.45, 2.75) is 59.2 Å². The number of methoxy groups -OCH3 is 1. The number of nitrogens with one attached hydrogen (secondary N) is 2. The molecule has 1 aromatic rings. The molecular formula is C18H30N2O3. The Hall–Kier alpha value is -1.75. The molecule has 0 fully saturated rings. The number of carbonyl (C=O) groups is 1. The second kappa shape index (κ2) is 8.20. The van der Waals surface area contributed by atoms with Crippen molar-refractivity contribution in [1.29, 1.82) is 0 Å². The van der Waals surface area contributed by atoms with Crippen molar-refractivity contribution in [3.63, 3.8) is 0 Å². The molecule has 0 saturated carbocycles. The molecule has 0 spiro atoms. The Morgan fingerprint density at radius 2 is 1.91 bits per heavy atom. The zero-order valence-electron chi connectivity index (χ0n) is 15.3. The minimum Gasteiger partial charge on any atom is -0.496 e. The summed E-state index contributed by atoms with van der Waals surface area (Å²) in [5, 5.41) is 6.25. The van der Waals surface area contributed by atoms with Crippen LogP contribution in [0.15, 0.2) is 18.2 Å². The number of ether oxygens (including phenoxy) is 2. The Morgan fingerprint density at radius 3 is 2.48 bits per heavy atom. The number of rotatable bonds is 6. The number of alkyl carbamates (subject to hydrolysis) is 1. The Balaban J connectivity index is 2.54. The van der Waals surface area contributed by atoms with Gasteiger partial charge in [0, 0.05) is 24.2 Å². The van der Waals surface area contributed by atoms with E-state index >= 15 is 0 Å². The van der Waals surface area contributed by atoms with E-state index in [9.17, 15) is 4.79 Å². The fourth-order valence-corrected chi connectivity index (χ4v) is 2.22. The van der Waals surface area contributed by atoms with Crippen LogP contribution in [0.2, 0.25) is 0 Å². The van der Waals surface area contributed by atoms with Crippen molar-refractivity contribution < 1.29 is 14.3 Å². The number of carbonyl (C=O) groups excluding carboxylic acids is 1. The van der Waals surface area contributed by atoms with Crippen molar-refractivity contribution in [2.75, 3.05) is 13.7 Å². The summed E-state index contributed by atoms with van der Waals surface area (Å²) in [6, 6.07) is 6.20. The first-order valence-electron chi connectivity index (χ1n) is 8.00. The van der Waals surface area contributed by atoms with Crippen LogP contribution in [-0.2, 0) is 4.74 Å². The third kappa shape index (κ3) is 6.91. The normalized spacial score (nSPS) is 14.0. The lowest BCUT2D eigenvalue weighted by atomic mass is 10.0. The van der Waals surface area contributed by atoms with Gasteiger partial charge < -0.3 is 20.1 Å². The highest BCUT2D eigenvalue weighted by Gasteiger charge is 2.18. The summed E-state index contributed by atoms with van der Waals surface area (Å²) < 4.78 is 10.7. The van der Waals surface area contributed by atoms with Gasteiger partial charge in [0.1, 0.15) is 11.4 Å². The van der Waals surface area contributed by atoms with E-state index in [-0.39, 0.29) is 12.1 Å². The maximum atomic E-state index is 11.7. The van der Waals surface area contributed by atoms with Gasteiger partial charge in [-0.1, -0.05) is 17.7 Å². The molecule has 0 saturated heterocycles. The molecule has 5 heteroatoms. The standard InChI is InChI=1S/C18H30N2O3/c1-12-8-9-16(22-7)15(10-12)14(3)19-11-13(2)20-17(21)23-18(4,5)6/h8-10,13-14,19H,11H2,1-7H3,(H,20,21). The van der Waals surface area contributed by atoms with Crippen molar-refractivity contribution in [3.8, 4) is 5.75 Å². The molecule has 0 aromatic heterocycles. The smallest absolute Gasteiger partial charge is 0.407 e. The van der Waals surface area contributed by atoms with Crippen LogP contribution in [0.25, 0.3) is 0 Å². The van der Waals surface area contributed by atoms with Gasteiger partial charge in [-0.2, -0.15) is 0 Å². The summed E-state index contributed by atoms with van der Waals surface area (Å²) in [6.07, 6.45) is -0.396. The van der Waals surface area contributed by atoms with E-state index in [1.54, 1.807) is 7.11 Å². The van der Waals surface area contributed by atoms with E-state index in [4.69, 9.17) is 9.47 Å². The zero-order valence-corrected chi connectivity index (χ0v) is 15.3. The number of aryl methyl sites for hydroxylation is 1. The predicted molar refractivity (Wildman–Crippen MR) is 93.0 cm³/mol. The lowest BCUT2D eigenvalue weighted by Gasteiger charge is -2.23. The van der Waals surface area contributed by atoms with E-state index in [0.717, 1.165) is 11.3 Å². The molecule has 1 amide bonds. The maximum Gasteiger partial charge on any atom is 0.407 e. The van der Waals surface area contributed by atoms with Crippen LogP contribution in [0, 0.1) is 6.92 Å². The molecular weight excluding hydrogens is 292 g/mol. The first-order chi connectivity index (χ1) is 10.6. The van der Waals surface area contributed by atoms with Crippen molar-refractivity contribution in [2.24, 2.45) is 0 Å². The molecule has 0 aliphatic rings. The Labute approximate surface area is 139 Å². The van der Waals surface area contributed by atoms with Crippen molar-refractivity contribution in [1.82, 2.24) is 10.6 Å². The molecule has 0 aliphatic heterocycles. The summed E-state index contributed by atoms with van der Waals surface area (Å²) in [7, 11) is 1.67. The largest absolute Gasteiger partial charge is 0.496 e. The molecule has 0 aliphatic carbocycles. The van der Waals surface area contributed by atoms with Gasteiger partial charge in [0.2, 0.25) is 0 Å². The van der Waals surface area contributed by atoms with E-state index in [1.165, 1.54) is 5.56 Å². The molecule has 1 rings (SSSR count). The third-order valence-electron chi connectivity index (χ3n) is 3.35. The van der Waals surface area contributed by atoms with Crippen LogP contribution in [0.1, 0.15) is 51.8 Å². The van der Waals surface area contributed by atoms with Gasteiger partial charge >= 0.3 is 6.09 Å². The molecule has 0 heterocycles. The van der Waals surface area contributed by atoms with Crippen LogP contribution in [0.5, 0.6) is 5.75 Å². The molecule has 0 bridgehead atoms. The summed E-state index contributed by atoms with van der Waals surface area (Å²) in [4.78, 5) is 11.7. The highest BCUT2D eigenvalue weighted by atomic mass is 16.6. The highest BCUT2D eigenvalue weighted by Crippen LogP contribution is 2.25. The van der Waals surface area contributed by atoms with Crippen molar-refractivity contribution in [3.05, 3.63) is 29.3 Å². The average Bonchev–Trinajstić information content (AvgIpc) is 2.42. The van der Waals surface area contributed by atoms with Gasteiger partial charge in [0.25, 0.3) is 0 Å². The molecule has 2 atom stereocenters. The van der Waals surface area contributed by atoms with E-state index in [2.05, 4.69) is 30.5 Å². The Bertz CT molecular complexity index is 523. The molecule has 1 aromatic carbocycles. The van der Waals surface area contributed by atoms with Crippen LogP contribution in [0.3, 0.4) is 0 Å². The van der Waals surface area contributed by atoms with Crippen LogP contribution in [0.4, 0.5) is 4.79 Å². The van der Waals surface area contributed by atoms with E-state index in [0.29, 0.717) is 6.54 Å². The maximum absolute atomic E-state index is 11.7. The highest BCUT2D eigenvalue weighted by molar-refractivity contribution is 5.68. The minimum absolute atomic E-state index is 0.0388. The monoisotopic (exact) mass is 322 g/mol. The average molecular weight is 322 g/mol. The lowest BCUT2D eigenvalue weighted by Crippen LogP contribution is -2.43. The lowest BCUT2D eigenvalue weighted by molar-refractivity contribution is 0.0507. The van der Waals surface area contributed by atoms with Crippen LogP contribution >= 0.6 is 0 Å². The fourth-order valence-electron chi connectivity index (χ4n) is 2.22. The van der Waals surface area contributed by atoms with E-state index in [1.807, 2.05) is 39.8 Å². The van der Waals surface area contributed by atoms with Gasteiger partial charge in [-0.15, -0.1) is 0 Å². The SMILES string of the molecule is COc1ccc(C)cc1C(C)NCC(C)NC(=O)OC(C)(C)C. The van der Waals surface area contributed by atoms with Gasteiger partial charge in [0.05, 0.1) is 7.11 Å². The van der Waals surface area contributed by atoms with Gasteiger partial charge in [0.15, 0.2) is 0 Å². The molecule has 0 radical (unpaired) electrons. The third-order valence-corrected chi connectivity index (χ3v) is 3.35. The molecule has 2 unspecified atom stereocenters. The first kappa shape index (κ1) is 19.3. The van der Waals surface area contributed by atoms with Gasteiger partial charge in [-0.3, -0.25) is 0 Å². The summed E-state index contributed by atoms with van der Waals surface area (Å²) in [5.74, 6) is 0.864. The van der Waals surface area contributed by atoms with Crippen LogP contribution in [-0.4, -0.2) is 31.4 Å². The summed E-state index contributed by atoms with van der Waals surface area (Å²) in [5.41, 5.74) is 1.81. The molecule has 2 N–H and O–H groups in total. The number of hydrogen-bond donors (Lipinski definition) is 2. The van der Waals surface area contributed by atoms with Crippen molar-refractivity contribution >= 4 is 6.09 Å².